The van der Waals surface area contributed by atoms with Gasteiger partial charge in [-0.15, -0.1) is 0 Å². The molecule has 0 spiro atoms. The van der Waals surface area contributed by atoms with Gasteiger partial charge in [-0.25, -0.2) is 13.6 Å². The summed E-state index contributed by atoms with van der Waals surface area (Å²) >= 11 is 0. The van der Waals surface area contributed by atoms with Gasteiger partial charge in [-0.3, -0.25) is 4.79 Å². The van der Waals surface area contributed by atoms with Gasteiger partial charge in [0.2, 0.25) is 15.9 Å². The molecule has 23 heavy (non-hydrogen) atoms. The predicted molar refractivity (Wildman–Crippen MR) is 93.5 cm³/mol. The maximum absolute atomic E-state index is 12.7. The molecular weight excluding hydrogens is 312 g/mol. The summed E-state index contributed by atoms with van der Waals surface area (Å²) in [5.74, 6) is -0.212. The minimum Gasteiger partial charge on any atom is -0.326 e. The zero-order valence-electron chi connectivity index (χ0n) is 14.8. The van der Waals surface area contributed by atoms with E-state index in [4.69, 9.17) is 5.14 Å². The Balaban J connectivity index is 2.95. The number of anilines is 1. The summed E-state index contributed by atoms with van der Waals surface area (Å²) in [6.07, 6.45) is 0.762. The van der Waals surface area contributed by atoms with Gasteiger partial charge < -0.3 is 5.32 Å². The maximum atomic E-state index is 12.7. The zero-order valence-corrected chi connectivity index (χ0v) is 15.6. The fourth-order valence-electron chi connectivity index (χ4n) is 2.36. The van der Waals surface area contributed by atoms with Crippen molar-refractivity contribution in [3.05, 3.63) is 24.3 Å². The summed E-state index contributed by atoms with van der Waals surface area (Å²) in [7, 11) is -3.72. The van der Waals surface area contributed by atoms with E-state index in [1.165, 1.54) is 12.1 Å². The van der Waals surface area contributed by atoms with E-state index in [2.05, 4.69) is 26.1 Å². The van der Waals surface area contributed by atoms with Gasteiger partial charge in [-0.05, 0) is 41.5 Å². The summed E-state index contributed by atoms with van der Waals surface area (Å²) in [4.78, 5) is 12.7. The van der Waals surface area contributed by atoms with Gasteiger partial charge in [-0.1, -0.05) is 41.5 Å². The lowest BCUT2D eigenvalue weighted by Crippen LogP contribution is -2.36. The van der Waals surface area contributed by atoms with Gasteiger partial charge >= 0.3 is 0 Å². The Hall–Kier alpha value is -1.40. The highest BCUT2D eigenvalue weighted by molar-refractivity contribution is 7.89. The molecule has 0 heterocycles. The molecule has 5 nitrogen and oxygen atoms in total. The Labute approximate surface area is 139 Å². The second kappa shape index (κ2) is 6.61. The minimum absolute atomic E-state index is 0.0255. The number of carbonyl (C=O) groups is 1. The molecule has 0 fully saturated rings. The highest BCUT2D eigenvalue weighted by Gasteiger charge is 2.34. The molecule has 1 aromatic rings. The second-order valence-corrected chi connectivity index (χ2v) is 9.80. The largest absolute Gasteiger partial charge is 0.326 e. The monoisotopic (exact) mass is 340 g/mol. The quantitative estimate of drug-likeness (QED) is 0.880. The van der Waals surface area contributed by atoms with E-state index in [0.717, 1.165) is 6.42 Å². The van der Waals surface area contributed by atoms with Crippen LogP contribution in [0, 0.1) is 16.7 Å². The Morgan fingerprint density at radius 1 is 1.09 bits per heavy atom. The molecule has 1 rings (SSSR count). The van der Waals surface area contributed by atoms with E-state index >= 15 is 0 Å². The normalized spacial score (nSPS) is 14.4. The van der Waals surface area contributed by atoms with Crippen molar-refractivity contribution in [2.24, 2.45) is 21.9 Å². The van der Waals surface area contributed by atoms with Crippen molar-refractivity contribution in [2.45, 2.75) is 52.9 Å². The van der Waals surface area contributed by atoms with Gasteiger partial charge in [-0.2, -0.15) is 0 Å². The maximum Gasteiger partial charge on any atom is 0.238 e. The summed E-state index contributed by atoms with van der Waals surface area (Å²) in [5, 5.41) is 7.94. The van der Waals surface area contributed by atoms with E-state index in [9.17, 15) is 13.2 Å². The third-order valence-electron chi connectivity index (χ3n) is 3.63. The third kappa shape index (κ3) is 6.31. The average molecular weight is 340 g/mol. The third-order valence-corrected chi connectivity index (χ3v) is 4.56. The summed E-state index contributed by atoms with van der Waals surface area (Å²) in [5.41, 5.74) is 0.426. The van der Waals surface area contributed by atoms with Gasteiger partial charge in [0.05, 0.1) is 4.90 Å². The molecule has 6 heteroatoms. The van der Waals surface area contributed by atoms with Crippen LogP contribution in [-0.4, -0.2) is 14.3 Å². The van der Waals surface area contributed by atoms with Crippen LogP contribution < -0.4 is 10.5 Å². The van der Waals surface area contributed by atoms with Crippen molar-refractivity contribution in [2.75, 3.05) is 5.32 Å². The van der Waals surface area contributed by atoms with Crippen molar-refractivity contribution >= 4 is 21.6 Å². The van der Waals surface area contributed by atoms with Crippen molar-refractivity contribution in [3.63, 3.8) is 0 Å². The van der Waals surface area contributed by atoms with E-state index in [1.807, 2.05) is 20.8 Å². The number of carbonyl (C=O) groups excluding carboxylic acids is 1. The first kappa shape index (κ1) is 19.6. The first-order valence-electron chi connectivity index (χ1n) is 7.64. The smallest absolute Gasteiger partial charge is 0.238 e. The standard InChI is InChI=1S/C17H28N2O3S/c1-16(2,3)11-14(17(4,5)6)15(20)19-12-7-9-13(10-8-12)23(18,21)22/h7-10,14H,11H2,1-6H3,(H,19,20)(H2,18,21,22). The number of sulfonamides is 1. The fourth-order valence-corrected chi connectivity index (χ4v) is 2.88. The lowest BCUT2D eigenvalue weighted by Gasteiger charge is -2.34. The number of primary sulfonamides is 1. The molecule has 0 radical (unpaired) electrons. The topological polar surface area (TPSA) is 89.3 Å². The Morgan fingerprint density at radius 3 is 1.91 bits per heavy atom. The Morgan fingerprint density at radius 2 is 1.57 bits per heavy atom. The number of hydrogen-bond acceptors (Lipinski definition) is 3. The van der Waals surface area contributed by atoms with Crippen LogP contribution in [0.1, 0.15) is 48.0 Å². The van der Waals surface area contributed by atoms with Gasteiger partial charge in [0, 0.05) is 11.6 Å². The van der Waals surface area contributed by atoms with Gasteiger partial charge in [0.1, 0.15) is 0 Å². The highest BCUT2D eigenvalue weighted by atomic mass is 32.2. The zero-order chi connectivity index (χ0) is 18.1. The lowest BCUT2D eigenvalue weighted by molar-refractivity contribution is -0.124. The van der Waals surface area contributed by atoms with Crippen molar-refractivity contribution < 1.29 is 13.2 Å². The van der Waals surface area contributed by atoms with E-state index in [0.29, 0.717) is 5.69 Å². The van der Waals surface area contributed by atoms with Crippen molar-refractivity contribution in [1.29, 1.82) is 0 Å². The van der Waals surface area contributed by atoms with Crippen LogP contribution >= 0.6 is 0 Å². The lowest BCUT2D eigenvalue weighted by atomic mass is 9.71. The van der Waals surface area contributed by atoms with Crippen molar-refractivity contribution in [1.82, 2.24) is 0 Å². The number of amides is 1. The van der Waals surface area contributed by atoms with Crippen LogP contribution in [0.3, 0.4) is 0 Å². The molecule has 0 bridgehead atoms. The molecular formula is C17H28N2O3S. The SMILES string of the molecule is CC(C)(C)CC(C(=O)Nc1ccc(S(N)(=O)=O)cc1)C(C)(C)C. The molecule has 1 atom stereocenters. The fraction of sp³-hybridized carbons (Fsp3) is 0.588. The first-order chi connectivity index (χ1) is 10.2. The van der Waals surface area contributed by atoms with E-state index < -0.39 is 10.0 Å². The summed E-state index contributed by atoms with van der Waals surface area (Å²) in [6, 6.07) is 5.88. The van der Waals surface area contributed by atoms with Crippen LogP contribution in [0.4, 0.5) is 5.69 Å². The molecule has 0 aliphatic heterocycles. The van der Waals surface area contributed by atoms with E-state index in [-0.39, 0.29) is 27.6 Å². The molecule has 130 valence electrons. The molecule has 3 N–H and O–H groups in total. The van der Waals surface area contributed by atoms with Crippen LogP contribution in [0.5, 0.6) is 0 Å². The molecule has 1 aromatic carbocycles. The number of rotatable bonds is 4. The van der Waals surface area contributed by atoms with Crippen LogP contribution in [-0.2, 0) is 14.8 Å². The molecule has 0 saturated heterocycles. The van der Waals surface area contributed by atoms with Crippen LogP contribution in [0.15, 0.2) is 29.2 Å². The van der Waals surface area contributed by atoms with Gasteiger partial charge in [0.25, 0.3) is 0 Å². The average Bonchev–Trinajstić information content (AvgIpc) is 2.33. The molecule has 1 amide bonds. The van der Waals surface area contributed by atoms with E-state index in [1.54, 1.807) is 12.1 Å². The molecule has 0 saturated carbocycles. The molecule has 1 unspecified atom stereocenters. The Bertz CT molecular complexity index is 651. The second-order valence-electron chi connectivity index (χ2n) is 8.24. The number of benzene rings is 1. The summed E-state index contributed by atoms with van der Waals surface area (Å²) < 4.78 is 22.5. The number of hydrogen-bond donors (Lipinski definition) is 2. The Kier molecular flexibility index (Phi) is 5.65. The van der Waals surface area contributed by atoms with Crippen LogP contribution in [0.2, 0.25) is 0 Å². The molecule has 0 aliphatic rings. The predicted octanol–water partition coefficient (Wildman–Crippen LogP) is 3.37. The van der Waals surface area contributed by atoms with Crippen molar-refractivity contribution in [3.8, 4) is 0 Å². The summed E-state index contributed by atoms with van der Waals surface area (Å²) in [6.45, 7) is 12.5. The first-order valence-corrected chi connectivity index (χ1v) is 9.18. The highest BCUT2D eigenvalue weighted by Crippen LogP contribution is 2.36. The molecule has 0 aliphatic carbocycles. The molecule has 0 aromatic heterocycles. The number of nitrogens with two attached hydrogens (primary N) is 1. The number of nitrogens with one attached hydrogen (secondary N) is 1. The minimum atomic E-state index is -3.72. The van der Waals surface area contributed by atoms with Crippen LogP contribution in [0.25, 0.3) is 0 Å². The van der Waals surface area contributed by atoms with Gasteiger partial charge in [0.15, 0.2) is 0 Å².